The van der Waals surface area contributed by atoms with Gasteiger partial charge in [0.2, 0.25) is 0 Å². The lowest BCUT2D eigenvalue weighted by molar-refractivity contribution is 0.0596. The molecule has 0 aliphatic heterocycles. The summed E-state index contributed by atoms with van der Waals surface area (Å²) in [5.74, 6) is 0.228. The maximum atomic E-state index is 12.3. The van der Waals surface area contributed by atoms with Gasteiger partial charge in [-0.25, -0.2) is 4.79 Å². The summed E-state index contributed by atoms with van der Waals surface area (Å²) in [6, 6.07) is 6.76. The van der Waals surface area contributed by atoms with Crippen LogP contribution in [0.4, 0.5) is 5.69 Å². The molecule has 1 amide bonds. The number of rotatable bonds is 4. The van der Waals surface area contributed by atoms with Crippen molar-refractivity contribution >= 4 is 28.5 Å². The number of aromatic nitrogens is 3. The van der Waals surface area contributed by atoms with Crippen LogP contribution in [0.25, 0.3) is 10.9 Å². The van der Waals surface area contributed by atoms with Crippen molar-refractivity contribution in [2.75, 3.05) is 12.4 Å². The van der Waals surface area contributed by atoms with Gasteiger partial charge < -0.3 is 14.6 Å². The first-order valence-electron chi connectivity index (χ1n) is 7.50. The zero-order chi connectivity index (χ0) is 16.7. The second-order valence-electron chi connectivity index (χ2n) is 5.67. The lowest BCUT2D eigenvalue weighted by atomic mass is 10.2. The smallest absolute Gasteiger partial charge is 0.359 e. The van der Waals surface area contributed by atoms with Crippen LogP contribution in [0.3, 0.4) is 0 Å². The number of fused-ring (bicyclic) bond motifs is 1. The number of nitrogens with one attached hydrogen (secondary N) is 2. The quantitative estimate of drug-likeness (QED) is 0.713. The molecule has 0 unspecified atom stereocenters. The molecule has 0 bridgehead atoms. The highest BCUT2D eigenvalue weighted by Crippen LogP contribution is 2.40. The Labute approximate surface area is 136 Å². The molecule has 3 aromatic rings. The summed E-state index contributed by atoms with van der Waals surface area (Å²) < 4.78 is 9.88. The topological polar surface area (TPSA) is 110 Å². The molecular formula is C16H14N4O4. The van der Waals surface area contributed by atoms with Gasteiger partial charge in [-0.1, -0.05) is 5.16 Å². The maximum absolute atomic E-state index is 12.3. The number of methoxy groups -OCH3 is 1. The van der Waals surface area contributed by atoms with Gasteiger partial charge in [0.25, 0.3) is 5.91 Å². The van der Waals surface area contributed by atoms with Gasteiger partial charge in [-0.05, 0) is 31.0 Å². The van der Waals surface area contributed by atoms with Gasteiger partial charge in [0.05, 0.1) is 12.6 Å². The molecule has 0 atom stereocenters. The van der Waals surface area contributed by atoms with Crippen molar-refractivity contribution in [1.29, 1.82) is 0 Å². The van der Waals surface area contributed by atoms with Gasteiger partial charge in [-0.15, -0.1) is 0 Å². The second-order valence-corrected chi connectivity index (χ2v) is 5.67. The third kappa shape index (κ3) is 2.51. The number of esters is 1. The molecule has 1 aromatic carbocycles. The first kappa shape index (κ1) is 14.4. The van der Waals surface area contributed by atoms with Crippen molar-refractivity contribution in [3.8, 4) is 0 Å². The highest BCUT2D eigenvalue weighted by Gasteiger charge is 2.29. The van der Waals surface area contributed by atoms with E-state index in [1.54, 1.807) is 24.3 Å². The first-order chi connectivity index (χ1) is 11.7. The Morgan fingerprint density at radius 1 is 1.33 bits per heavy atom. The normalized spacial score (nSPS) is 13.9. The van der Waals surface area contributed by atoms with Crippen LogP contribution in [0.1, 0.15) is 45.5 Å². The van der Waals surface area contributed by atoms with Crippen LogP contribution in [-0.4, -0.2) is 34.3 Å². The van der Waals surface area contributed by atoms with Crippen molar-refractivity contribution < 1.29 is 18.8 Å². The molecule has 1 aliphatic rings. The standard InChI is InChI=1S/C16H14N4O4/c1-23-16(22)14-10-6-9(4-5-11(10)18-19-14)17-15(21)12-7-13(24-20-12)8-2-3-8/h4-8H,2-3H2,1H3,(H,17,21)(H,18,19). The minimum Gasteiger partial charge on any atom is -0.464 e. The van der Waals surface area contributed by atoms with Gasteiger partial charge in [0.1, 0.15) is 5.76 Å². The van der Waals surface area contributed by atoms with Crippen LogP contribution in [-0.2, 0) is 4.74 Å². The molecule has 8 heteroatoms. The van der Waals surface area contributed by atoms with Crippen molar-refractivity contribution in [3.05, 3.63) is 41.4 Å². The molecule has 0 spiro atoms. The molecule has 8 nitrogen and oxygen atoms in total. The Balaban J connectivity index is 1.58. The van der Waals surface area contributed by atoms with Gasteiger partial charge in [-0.2, -0.15) is 5.10 Å². The molecule has 1 aliphatic carbocycles. The molecule has 1 saturated carbocycles. The molecule has 2 aromatic heterocycles. The number of carbonyl (C=O) groups is 2. The van der Waals surface area contributed by atoms with E-state index < -0.39 is 5.97 Å². The minimum atomic E-state index is -0.546. The highest BCUT2D eigenvalue weighted by atomic mass is 16.5. The highest BCUT2D eigenvalue weighted by molar-refractivity contribution is 6.06. The Kier molecular flexibility index (Phi) is 3.30. The number of anilines is 1. The summed E-state index contributed by atoms with van der Waals surface area (Å²) >= 11 is 0. The predicted octanol–water partition coefficient (Wildman–Crippen LogP) is 2.47. The second kappa shape index (κ2) is 5.48. The fraction of sp³-hybridized carbons (Fsp3) is 0.250. The Morgan fingerprint density at radius 2 is 2.17 bits per heavy atom. The molecule has 2 N–H and O–H groups in total. The van der Waals surface area contributed by atoms with Crippen molar-refractivity contribution in [3.63, 3.8) is 0 Å². The van der Waals surface area contributed by atoms with Crippen LogP contribution < -0.4 is 5.32 Å². The van der Waals surface area contributed by atoms with Gasteiger partial charge in [0.15, 0.2) is 11.4 Å². The number of H-pyrrole nitrogens is 1. The third-order valence-electron chi connectivity index (χ3n) is 3.94. The van der Waals surface area contributed by atoms with E-state index in [0.29, 0.717) is 22.5 Å². The van der Waals surface area contributed by atoms with E-state index >= 15 is 0 Å². The zero-order valence-corrected chi connectivity index (χ0v) is 12.8. The number of ether oxygens (including phenoxy) is 1. The van der Waals surface area contributed by atoms with E-state index in [0.717, 1.165) is 18.6 Å². The van der Waals surface area contributed by atoms with E-state index in [1.165, 1.54) is 7.11 Å². The number of hydrogen-bond donors (Lipinski definition) is 2. The number of amides is 1. The minimum absolute atomic E-state index is 0.168. The summed E-state index contributed by atoms with van der Waals surface area (Å²) in [7, 11) is 1.29. The number of nitrogens with zero attached hydrogens (tertiary/aromatic N) is 2. The fourth-order valence-corrected chi connectivity index (χ4v) is 2.50. The summed E-state index contributed by atoms with van der Waals surface area (Å²) in [6.45, 7) is 0. The number of benzene rings is 1. The molecular weight excluding hydrogens is 312 g/mol. The largest absolute Gasteiger partial charge is 0.464 e. The summed E-state index contributed by atoms with van der Waals surface area (Å²) in [5, 5.41) is 13.8. The monoisotopic (exact) mass is 326 g/mol. The lowest BCUT2D eigenvalue weighted by Crippen LogP contribution is -2.12. The molecule has 24 heavy (non-hydrogen) atoms. The molecule has 2 heterocycles. The summed E-state index contributed by atoms with van der Waals surface area (Å²) in [6.07, 6.45) is 2.15. The van der Waals surface area contributed by atoms with Crippen LogP contribution >= 0.6 is 0 Å². The third-order valence-corrected chi connectivity index (χ3v) is 3.94. The predicted molar refractivity (Wildman–Crippen MR) is 83.9 cm³/mol. The van der Waals surface area contributed by atoms with E-state index in [2.05, 4.69) is 20.7 Å². The molecule has 122 valence electrons. The van der Waals surface area contributed by atoms with Crippen molar-refractivity contribution in [2.24, 2.45) is 0 Å². The van der Waals surface area contributed by atoms with E-state index in [1.807, 2.05) is 0 Å². The van der Waals surface area contributed by atoms with Crippen molar-refractivity contribution in [1.82, 2.24) is 15.4 Å². The van der Waals surface area contributed by atoms with Crippen LogP contribution in [0.5, 0.6) is 0 Å². The molecule has 1 fully saturated rings. The van der Waals surface area contributed by atoms with Gasteiger partial charge >= 0.3 is 5.97 Å². The van der Waals surface area contributed by atoms with Crippen LogP contribution in [0.15, 0.2) is 28.8 Å². The Bertz CT molecular complexity index is 939. The average molecular weight is 326 g/mol. The van der Waals surface area contributed by atoms with Gasteiger partial charge in [0, 0.05) is 23.1 Å². The van der Waals surface area contributed by atoms with Gasteiger partial charge in [-0.3, -0.25) is 9.89 Å². The lowest BCUT2D eigenvalue weighted by Gasteiger charge is -2.03. The number of aromatic amines is 1. The fourth-order valence-electron chi connectivity index (χ4n) is 2.50. The summed E-state index contributed by atoms with van der Waals surface area (Å²) in [5.41, 5.74) is 1.60. The van der Waals surface area contributed by atoms with Crippen LogP contribution in [0, 0.1) is 0 Å². The zero-order valence-electron chi connectivity index (χ0n) is 12.8. The average Bonchev–Trinajstić information content (AvgIpc) is 3.17. The summed E-state index contributed by atoms with van der Waals surface area (Å²) in [4.78, 5) is 24.0. The Morgan fingerprint density at radius 3 is 2.92 bits per heavy atom. The number of carbonyl (C=O) groups excluding carboxylic acids is 2. The van der Waals surface area contributed by atoms with E-state index in [4.69, 9.17) is 9.26 Å². The molecule has 4 rings (SSSR count). The van der Waals surface area contributed by atoms with Crippen molar-refractivity contribution in [2.45, 2.75) is 18.8 Å². The Hall–Kier alpha value is -3.16. The maximum Gasteiger partial charge on any atom is 0.359 e. The molecule has 0 radical (unpaired) electrons. The van der Waals surface area contributed by atoms with Crippen LogP contribution in [0.2, 0.25) is 0 Å². The first-order valence-corrected chi connectivity index (χ1v) is 7.50. The van der Waals surface area contributed by atoms with E-state index in [-0.39, 0.29) is 17.3 Å². The van der Waals surface area contributed by atoms with E-state index in [9.17, 15) is 9.59 Å². The SMILES string of the molecule is COC(=O)c1n[nH]c2ccc(NC(=O)c3cc(C4CC4)on3)cc12. The number of hydrogen-bond acceptors (Lipinski definition) is 6. The molecule has 0 saturated heterocycles.